The summed E-state index contributed by atoms with van der Waals surface area (Å²) in [5.74, 6) is -2.81. The summed E-state index contributed by atoms with van der Waals surface area (Å²) in [6, 6.07) is 4.40. The van der Waals surface area contributed by atoms with Crippen molar-refractivity contribution >= 4 is 5.69 Å². The number of aryl methyl sites for hydroxylation is 1. The van der Waals surface area contributed by atoms with Crippen molar-refractivity contribution in [3.63, 3.8) is 0 Å². The lowest BCUT2D eigenvalue weighted by Gasteiger charge is -2.11. The summed E-state index contributed by atoms with van der Waals surface area (Å²) < 4.78 is 25.5. The highest BCUT2D eigenvalue weighted by Crippen LogP contribution is 2.28. The molecule has 3 heteroatoms. The number of rotatable bonds is 1. The number of halogens is 2. The number of benzene rings is 1. The number of nitrogen functional groups attached to an aromatic ring is 1. The molecule has 1 aromatic rings. The minimum Gasteiger partial charge on any atom is -0.399 e. The van der Waals surface area contributed by atoms with Crippen LogP contribution in [0.4, 0.5) is 14.5 Å². The van der Waals surface area contributed by atoms with Crippen LogP contribution in [0.25, 0.3) is 0 Å². The first-order valence-corrected chi connectivity index (χ1v) is 3.65. The van der Waals surface area contributed by atoms with Gasteiger partial charge < -0.3 is 5.73 Å². The molecule has 2 N–H and O–H groups in total. The van der Waals surface area contributed by atoms with Crippen LogP contribution in [-0.2, 0) is 5.92 Å². The van der Waals surface area contributed by atoms with Gasteiger partial charge in [-0.05, 0) is 30.7 Å². The summed E-state index contributed by atoms with van der Waals surface area (Å²) in [7, 11) is 0. The van der Waals surface area contributed by atoms with Gasteiger partial charge in [-0.3, -0.25) is 0 Å². The van der Waals surface area contributed by atoms with E-state index in [1.807, 2.05) is 0 Å². The highest BCUT2D eigenvalue weighted by Gasteiger charge is 2.24. The van der Waals surface area contributed by atoms with E-state index in [2.05, 4.69) is 0 Å². The summed E-state index contributed by atoms with van der Waals surface area (Å²) in [6.07, 6.45) is 0. The maximum absolute atomic E-state index is 12.8. The molecule has 66 valence electrons. The van der Waals surface area contributed by atoms with Gasteiger partial charge in [-0.2, -0.15) is 0 Å². The van der Waals surface area contributed by atoms with E-state index in [0.29, 0.717) is 5.69 Å². The van der Waals surface area contributed by atoms with Crippen LogP contribution in [0.5, 0.6) is 0 Å². The summed E-state index contributed by atoms with van der Waals surface area (Å²) >= 11 is 0. The lowest BCUT2D eigenvalue weighted by molar-refractivity contribution is 0.0175. The topological polar surface area (TPSA) is 26.0 Å². The third kappa shape index (κ3) is 1.94. The molecule has 0 aliphatic carbocycles. The summed E-state index contributed by atoms with van der Waals surface area (Å²) in [6.45, 7) is 2.60. The first-order chi connectivity index (χ1) is 5.39. The summed E-state index contributed by atoms with van der Waals surface area (Å²) in [5.41, 5.74) is 6.53. The summed E-state index contributed by atoms with van der Waals surface area (Å²) in [5, 5.41) is 0. The highest BCUT2D eigenvalue weighted by atomic mass is 19.3. The fraction of sp³-hybridized carbons (Fsp3) is 0.333. The lowest BCUT2D eigenvalue weighted by atomic mass is 10.1. The van der Waals surface area contributed by atoms with Gasteiger partial charge in [-0.1, -0.05) is 0 Å². The Kier molecular flexibility index (Phi) is 2.04. The van der Waals surface area contributed by atoms with Crippen molar-refractivity contribution in [2.24, 2.45) is 0 Å². The van der Waals surface area contributed by atoms with Gasteiger partial charge in [0, 0.05) is 18.2 Å². The van der Waals surface area contributed by atoms with Crippen LogP contribution in [0, 0.1) is 6.92 Å². The van der Waals surface area contributed by atoms with E-state index < -0.39 is 5.92 Å². The molecule has 0 amide bonds. The van der Waals surface area contributed by atoms with Crippen LogP contribution in [-0.4, -0.2) is 0 Å². The minimum atomic E-state index is -2.81. The maximum atomic E-state index is 12.8. The Hall–Kier alpha value is -1.12. The van der Waals surface area contributed by atoms with Crippen molar-refractivity contribution in [1.29, 1.82) is 0 Å². The zero-order valence-corrected chi connectivity index (χ0v) is 7.07. The zero-order valence-electron chi connectivity index (χ0n) is 7.07. The standard InChI is InChI=1S/C9H11F2N/c1-6-3-7(9(2,10)11)5-8(12)4-6/h3-5H,12H2,1-2H3. The second-order valence-electron chi connectivity index (χ2n) is 3.02. The largest absolute Gasteiger partial charge is 0.399 e. The van der Waals surface area contributed by atoms with E-state index >= 15 is 0 Å². The third-order valence-corrected chi connectivity index (χ3v) is 1.61. The van der Waals surface area contributed by atoms with Crippen molar-refractivity contribution in [2.45, 2.75) is 19.8 Å². The second kappa shape index (κ2) is 2.73. The molecule has 0 aliphatic heterocycles. The first kappa shape index (κ1) is 8.97. The molecule has 1 nitrogen and oxygen atoms in total. The van der Waals surface area contributed by atoms with Crippen LogP contribution in [0.15, 0.2) is 18.2 Å². The number of anilines is 1. The van der Waals surface area contributed by atoms with Crippen LogP contribution >= 0.6 is 0 Å². The Morgan fingerprint density at radius 1 is 1.25 bits per heavy atom. The molecule has 0 atom stereocenters. The van der Waals surface area contributed by atoms with Crippen LogP contribution in [0.3, 0.4) is 0 Å². The molecular weight excluding hydrogens is 160 g/mol. The Bertz CT molecular complexity index is 269. The van der Waals surface area contributed by atoms with Crippen molar-refractivity contribution in [1.82, 2.24) is 0 Å². The van der Waals surface area contributed by atoms with Gasteiger partial charge in [0.2, 0.25) is 0 Å². The molecular formula is C9H11F2N. The van der Waals surface area contributed by atoms with Crippen LogP contribution in [0.2, 0.25) is 0 Å². The first-order valence-electron chi connectivity index (χ1n) is 3.65. The van der Waals surface area contributed by atoms with Gasteiger partial charge >= 0.3 is 0 Å². The van der Waals surface area contributed by atoms with Gasteiger partial charge in [0.15, 0.2) is 0 Å². The predicted octanol–water partition coefficient (Wildman–Crippen LogP) is 2.69. The number of nitrogens with two attached hydrogens (primary N) is 1. The maximum Gasteiger partial charge on any atom is 0.270 e. The van der Waals surface area contributed by atoms with Crippen LogP contribution in [0.1, 0.15) is 18.1 Å². The predicted molar refractivity (Wildman–Crippen MR) is 45.2 cm³/mol. The molecule has 12 heavy (non-hydrogen) atoms. The Morgan fingerprint density at radius 2 is 1.83 bits per heavy atom. The van der Waals surface area contributed by atoms with Crippen molar-refractivity contribution < 1.29 is 8.78 Å². The molecule has 0 bridgehead atoms. The molecule has 0 aromatic heterocycles. The minimum absolute atomic E-state index is 0.0278. The third-order valence-electron chi connectivity index (χ3n) is 1.61. The molecule has 0 aliphatic rings. The SMILES string of the molecule is Cc1cc(N)cc(C(C)(F)F)c1. The number of hydrogen-bond donors (Lipinski definition) is 1. The molecule has 0 unspecified atom stereocenters. The van der Waals surface area contributed by atoms with E-state index in [1.54, 1.807) is 13.0 Å². The van der Waals surface area contributed by atoms with E-state index in [0.717, 1.165) is 12.5 Å². The normalized spacial score (nSPS) is 11.7. The number of alkyl halides is 2. The van der Waals surface area contributed by atoms with E-state index in [-0.39, 0.29) is 5.56 Å². The molecule has 0 radical (unpaired) electrons. The summed E-state index contributed by atoms with van der Waals surface area (Å²) in [4.78, 5) is 0. The van der Waals surface area contributed by atoms with Gasteiger partial charge in [-0.25, -0.2) is 8.78 Å². The van der Waals surface area contributed by atoms with Crippen molar-refractivity contribution in [3.05, 3.63) is 29.3 Å². The van der Waals surface area contributed by atoms with Crippen LogP contribution < -0.4 is 5.73 Å². The molecule has 0 spiro atoms. The highest BCUT2D eigenvalue weighted by molar-refractivity contribution is 5.45. The monoisotopic (exact) mass is 171 g/mol. The second-order valence-corrected chi connectivity index (χ2v) is 3.02. The Balaban J connectivity index is 3.18. The van der Waals surface area contributed by atoms with E-state index in [4.69, 9.17) is 5.73 Å². The molecule has 1 rings (SSSR count). The average Bonchev–Trinajstić information content (AvgIpc) is 1.82. The fourth-order valence-electron chi connectivity index (χ4n) is 1.07. The molecule has 1 aromatic carbocycles. The smallest absolute Gasteiger partial charge is 0.270 e. The van der Waals surface area contributed by atoms with E-state index in [1.165, 1.54) is 12.1 Å². The average molecular weight is 171 g/mol. The van der Waals surface area contributed by atoms with Gasteiger partial charge in [-0.15, -0.1) is 0 Å². The molecule has 0 saturated heterocycles. The van der Waals surface area contributed by atoms with Gasteiger partial charge in [0.1, 0.15) is 0 Å². The van der Waals surface area contributed by atoms with Crippen molar-refractivity contribution in [2.75, 3.05) is 5.73 Å². The molecule has 0 fully saturated rings. The molecule has 0 heterocycles. The number of hydrogen-bond acceptors (Lipinski definition) is 1. The van der Waals surface area contributed by atoms with Gasteiger partial charge in [0.05, 0.1) is 0 Å². The Labute approximate surface area is 70.2 Å². The Morgan fingerprint density at radius 3 is 2.25 bits per heavy atom. The zero-order chi connectivity index (χ0) is 9.35. The van der Waals surface area contributed by atoms with E-state index in [9.17, 15) is 8.78 Å². The van der Waals surface area contributed by atoms with Gasteiger partial charge in [0.25, 0.3) is 5.92 Å². The molecule has 0 saturated carbocycles. The fourth-order valence-corrected chi connectivity index (χ4v) is 1.07. The quantitative estimate of drug-likeness (QED) is 0.646. The van der Waals surface area contributed by atoms with Crippen molar-refractivity contribution in [3.8, 4) is 0 Å². The lowest BCUT2D eigenvalue weighted by Crippen LogP contribution is -2.07.